The summed E-state index contributed by atoms with van der Waals surface area (Å²) in [5.41, 5.74) is 0. The third-order valence-corrected chi connectivity index (χ3v) is 19.0. The monoisotopic (exact) mass is 1290 g/mol. The molecule has 11 nitrogen and oxygen atoms in total. The molecule has 0 saturated carbocycles. The second-order valence-corrected chi connectivity index (χ2v) is 27.8. The summed E-state index contributed by atoms with van der Waals surface area (Å²) in [4.78, 5) is 26.8. The van der Waals surface area contributed by atoms with Crippen LogP contribution < -0.4 is 5.32 Å². The molecule has 1 aliphatic rings. The van der Waals surface area contributed by atoms with Gasteiger partial charge in [0.2, 0.25) is 5.91 Å². The summed E-state index contributed by atoms with van der Waals surface area (Å²) in [6.45, 7) is 5.86. The molecule has 0 aliphatic carbocycles. The molecule has 1 rings (SSSR count). The number of hydrogen-bond donors (Lipinski definition) is 6. The lowest BCUT2D eigenvalue weighted by molar-refractivity contribution is -0.305. The number of carbonyl (C=O) groups is 2. The minimum absolute atomic E-state index is 0.128. The lowest BCUT2D eigenvalue weighted by Gasteiger charge is -2.41. The molecule has 8 unspecified atom stereocenters. The Kier molecular flexibility index (Phi) is 64.8. The maximum atomic E-state index is 13.5. The molecule has 1 saturated heterocycles. The molecule has 91 heavy (non-hydrogen) atoms. The SMILES string of the molecule is CCCCCCCC/C=C/CCCCCCCCCCCCCCCCCC(=O)OC1C(OCC(NC(=O)C(O)CCCCCCCCCCCCCCCC/C=C/CCCCCCCC)C(O)/C=C/CCCCCCCCCCCCC)OC(CO)C(O)C1O. The molecule has 8 atom stereocenters. The number of carbonyl (C=O) groups excluding carboxylic acids is 2. The summed E-state index contributed by atoms with van der Waals surface area (Å²) < 4.78 is 17.8. The standard InChI is InChI=1S/C80H151NO10/c1-4-7-10-13-16-19-22-25-27-29-31-33-35-37-39-41-43-45-47-50-53-56-59-62-65-68-75(85)91-78-77(87)76(86)74(69-82)90-80(78)89-70-71(72(83)66-63-60-57-54-51-48-24-21-18-15-12-9-6-3)81-79(88)73(84)67-64-61-58-55-52-49-46-44-42-40-38-36-34-32-30-28-26-23-20-17-14-11-8-5-2/h25-28,63,66,71-74,76-78,80,82-84,86-87H,4-24,29-62,64-65,67-70H2,1-3H3,(H,81,88)/b27-25+,28-26+,66-63+. The van der Waals surface area contributed by atoms with Crippen LogP contribution in [0.15, 0.2) is 36.5 Å². The normalized spacial score (nSPS) is 18.1. The first kappa shape index (κ1) is 86.9. The summed E-state index contributed by atoms with van der Waals surface area (Å²) in [7, 11) is 0. The fourth-order valence-corrected chi connectivity index (χ4v) is 12.8. The van der Waals surface area contributed by atoms with Crippen LogP contribution in [0.5, 0.6) is 0 Å². The van der Waals surface area contributed by atoms with E-state index in [0.717, 1.165) is 57.8 Å². The lowest BCUT2D eigenvalue weighted by Crippen LogP contribution is -2.61. The average Bonchev–Trinajstić information content (AvgIpc) is 1.09. The van der Waals surface area contributed by atoms with Crippen LogP contribution in [0, 0.1) is 0 Å². The predicted octanol–water partition coefficient (Wildman–Crippen LogP) is 21.3. The first-order chi connectivity index (χ1) is 44.7. The zero-order valence-corrected chi connectivity index (χ0v) is 60.0. The van der Waals surface area contributed by atoms with Crippen LogP contribution >= 0.6 is 0 Å². The number of ether oxygens (including phenoxy) is 3. The van der Waals surface area contributed by atoms with Crippen molar-refractivity contribution in [3.63, 3.8) is 0 Å². The zero-order chi connectivity index (χ0) is 66.0. The first-order valence-electron chi connectivity index (χ1n) is 39.8. The van der Waals surface area contributed by atoms with Gasteiger partial charge in [-0.2, -0.15) is 0 Å². The smallest absolute Gasteiger partial charge is 0.306 e. The highest BCUT2D eigenvalue weighted by Gasteiger charge is 2.47. The van der Waals surface area contributed by atoms with E-state index in [0.29, 0.717) is 19.3 Å². The summed E-state index contributed by atoms with van der Waals surface area (Å²) in [6.07, 6.45) is 74.8. The van der Waals surface area contributed by atoms with Gasteiger partial charge in [0.25, 0.3) is 0 Å². The van der Waals surface area contributed by atoms with E-state index in [4.69, 9.17) is 14.2 Å². The molecule has 1 heterocycles. The fraction of sp³-hybridized carbons (Fsp3) is 0.900. The maximum absolute atomic E-state index is 13.5. The molecule has 0 radical (unpaired) electrons. The molecule has 1 fully saturated rings. The number of amides is 1. The van der Waals surface area contributed by atoms with Crippen molar-refractivity contribution >= 4 is 11.9 Å². The highest BCUT2D eigenvalue weighted by atomic mass is 16.7. The van der Waals surface area contributed by atoms with Crippen LogP contribution in [-0.2, 0) is 23.8 Å². The predicted molar refractivity (Wildman–Crippen MR) is 384 cm³/mol. The minimum Gasteiger partial charge on any atom is -0.454 e. The molecule has 0 aromatic heterocycles. The number of hydrogen-bond acceptors (Lipinski definition) is 10. The molecule has 1 amide bonds. The van der Waals surface area contributed by atoms with Gasteiger partial charge in [-0.1, -0.05) is 353 Å². The summed E-state index contributed by atoms with van der Waals surface area (Å²) in [6, 6.07) is -1.02. The minimum atomic E-state index is -1.61. The van der Waals surface area contributed by atoms with Gasteiger partial charge in [-0.05, 0) is 77.0 Å². The van der Waals surface area contributed by atoms with E-state index in [2.05, 4.69) is 50.4 Å². The van der Waals surface area contributed by atoms with Crippen molar-refractivity contribution in [1.82, 2.24) is 5.32 Å². The number of rotatable bonds is 70. The Morgan fingerprint density at radius 2 is 0.725 bits per heavy atom. The van der Waals surface area contributed by atoms with Gasteiger partial charge >= 0.3 is 5.97 Å². The van der Waals surface area contributed by atoms with Crippen LogP contribution in [0.4, 0.5) is 0 Å². The molecule has 0 spiro atoms. The van der Waals surface area contributed by atoms with Crippen LogP contribution in [-0.4, -0.2) is 99.6 Å². The second kappa shape index (κ2) is 67.8. The van der Waals surface area contributed by atoms with Gasteiger partial charge in [0, 0.05) is 6.42 Å². The summed E-state index contributed by atoms with van der Waals surface area (Å²) in [5.74, 6) is -1.17. The number of allylic oxidation sites excluding steroid dienone is 5. The fourth-order valence-electron chi connectivity index (χ4n) is 12.8. The molecule has 0 bridgehead atoms. The van der Waals surface area contributed by atoms with Crippen molar-refractivity contribution in [2.24, 2.45) is 0 Å². The van der Waals surface area contributed by atoms with E-state index in [-0.39, 0.29) is 13.0 Å². The van der Waals surface area contributed by atoms with Crippen molar-refractivity contribution in [3.8, 4) is 0 Å². The molecule has 0 aromatic rings. The Labute approximate surface area is 562 Å². The Morgan fingerprint density at radius 3 is 1.07 bits per heavy atom. The van der Waals surface area contributed by atoms with E-state index >= 15 is 0 Å². The lowest BCUT2D eigenvalue weighted by atomic mass is 9.99. The zero-order valence-electron chi connectivity index (χ0n) is 60.0. The van der Waals surface area contributed by atoms with Crippen molar-refractivity contribution in [2.45, 2.75) is 449 Å². The number of esters is 1. The molecular formula is C80H151NO10. The number of aliphatic hydroxyl groups is 5. The first-order valence-corrected chi connectivity index (χ1v) is 39.8. The van der Waals surface area contributed by atoms with Gasteiger partial charge in [-0.15, -0.1) is 0 Å². The highest BCUT2D eigenvalue weighted by molar-refractivity contribution is 5.80. The van der Waals surface area contributed by atoms with Gasteiger partial charge in [-0.3, -0.25) is 9.59 Å². The topological polar surface area (TPSA) is 175 Å². The van der Waals surface area contributed by atoms with Crippen LogP contribution in [0.25, 0.3) is 0 Å². The van der Waals surface area contributed by atoms with Gasteiger partial charge in [0.15, 0.2) is 12.4 Å². The number of unbranched alkanes of at least 4 members (excludes halogenated alkanes) is 52. The third-order valence-electron chi connectivity index (χ3n) is 19.0. The molecular weight excluding hydrogens is 1130 g/mol. The average molecular weight is 1290 g/mol. The van der Waals surface area contributed by atoms with E-state index in [1.54, 1.807) is 6.08 Å². The van der Waals surface area contributed by atoms with Gasteiger partial charge in [-0.25, -0.2) is 0 Å². The largest absolute Gasteiger partial charge is 0.454 e. The maximum Gasteiger partial charge on any atom is 0.306 e. The van der Waals surface area contributed by atoms with E-state index < -0.39 is 67.4 Å². The van der Waals surface area contributed by atoms with Gasteiger partial charge < -0.3 is 45.1 Å². The van der Waals surface area contributed by atoms with Crippen molar-refractivity contribution in [2.75, 3.05) is 13.2 Å². The van der Waals surface area contributed by atoms with Crippen molar-refractivity contribution in [3.05, 3.63) is 36.5 Å². The van der Waals surface area contributed by atoms with Gasteiger partial charge in [0.1, 0.15) is 24.4 Å². The van der Waals surface area contributed by atoms with Crippen LogP contribution in [0.3, 0.4) is 0 Å². The number of aliphatic hydroxyl groups excluding tert-OH is 5. The Bertz CT molecular complexity index is 1620. The second-order valence-electron chi connectivity index (χ2n) is 27.8. The number of nitrogens with one attached hydrogen (secondary N) is 1. The van der Waals surface area contributed by atoms with Crippen molar-refractivity contribution in [1.29, 1.82) is 0 Å². The van der Waals surface area contributed by atoms with Crippen LogP contribution in [0.2, 0.25) is 0 Å². The molecule has 536 valence electrons. The summed E-state index contributed by atoms with van der Waals surface area (Å²) >= 11 is 0. The Morgan fingerprint density at radius 1 is 0.418 bits per heavy atom. The summed E-state index contributed by atoms with van der Waals surface area (Å²) in [5, 5.41) is 57.5. The quantitative estimate of drug-likeness (QED) is 0.0195. The van der Waals surface area contributed by atoms with E-state index in [1.165, 1.54) is 295 Å². The van der Waals surface area contributed by atoms with Crippen molar-refractivity contribution < 1.29 is 49.3 Å². The van der Waals surface area contributed by atoms with E-state index in [9.17, 15) is 35.1 Å². The highest BCUT2D eigenvalue weighted by Crippen LogP contribution is 2.27. The van der Waals surface area contributed by atoms with Crippen LogP contribution in [0.1, 0.15) is 400 Å². The Balaban J connectivity index is 2.51. The Hall–Kier alpha value is -2.12. The molecule has 1 aliphatic heterocycles. The van der Waals surface area contributed by atoms with Gasteiger partial charge in [0.05, 0.1) is 25.4 Å². The molecule has 6 N–H and O–H groups in total. The third kappa shape index (κ3) is 54.7. The van der Waals surface area contributed by atoms with E-state index in [1.807, 2.05) is 6.08 Å². The molecule has 11 heteroatoms. The molecule has 0 aromatic carbocycles.